The van der Waals surface area contributed by atoms with Crippen LogP contribution < -0.4 is 15.5 Å². The third kappa shape index (κ3) is 8.33. The van der Waals surface area contributed by atoms with Crippen LogP contribution in [0, 0.1) is 0 Å². The quantitative estimate of drug-likeness (QED) is 0.561. The Hall–Kier alpha value is -3.39. The van der Waals surface area contributed by atoms with Crippen molar-refractivity contribution in [2.45, 2.75) is 13.0 Å². The molecule has 0 aliphatic rings. The van der Waals surface area contributed by atoms with Crippen molar-refractivity contribution in [1.29, 1.82) is 0 Å². The molecule has 0 bridgehead atoms. The SMILES string of the molecule is CC(NCC(=O)Nc1ccc(N(C)C)cc1)c1ccccc1.O=C(O)C(=O)O. The van der Waals surface area contributed by atoms with Crippen LogP contribution in [0.2, 0.25) is 0 Å². The van der Waals surface area contributed by atoms with E-state index in [0.29, 0.717) is 0 Å². The van der Waals surface area contributed by atoms with Crippen LogP contribution >= 0.6 is 0 Å². The molecule has 0 radical (unpaired) electrons. The van der Waals surface area contributed by atoms with Crippen LogP contribution in [0.3, 0.4) is 0 Å². The number of carbonyl (C=O) groups excluding carboxylic acids is 1. The summed E-state index contributed by atoms with van der Waals surface area (Å²) in [6, 6.07) is 18.0. The van der Waals surface area contributed by atoms with Crippen molar-refractivity contribution >= 4 is 29.2 Å². The summed E-state index contributed by atoms with van der Waals surface area (Å²) in [4.78, 5) is 32.2. The van der Waals surface area contributed by atoms with E-state index in [-0.39, 0.29) is 18.5 Å². The highest BCUT2D eigenvalue weighted by Gasteiger charge is 2.07. The topological polar surface area (TPSA) is 119 Å². The number of hydrogen-bond donors (Lipinski definition) is 4. The lowest BCUT2D eigenvalue weighted by Gasteiger charge is -2.15. The number of rotatable bonds is 6. The lowest BCUT2D eigenvalue weighted by Crippen LogP contribution is -2.30. The molecule has 0 aliphatic heterocycles. The Morgan fingerprint density at radius 1 is 0.929 bits per heavy atom. The molecule has 0 saturated heterocycles. The number of amides is 1. The number of aliphatic carboxylic acids is 2. The summed E-state index contributed by atoms with van der Waals surface area (Å²) in [5, 5.41) is 20.9. The van der Waals surface area contributed by atoms with Crippen LogP contribution in [0.25, 0.3) is 0 Å². The average molecular weight is 387 g/mol. The van der Waals surface area contributed by atoms with Crippen LogP contribution in [0.4, 0.5) is 11.4 Å². The van der Waals surface area contributed by atoms with Gasteiger partial charge in [-0.25, -0.2) is 9.59 Å². The fourth-order valence-electron chi connectivity index (χ4n) is 2.15. The maximum atomic E-state index is 12.0. The lowest BCUT2D eigenvalue weighted by atomic mass is 10.1. The lowest BCUT2D eigenvalue weighted by molar-refractivity contribution is -0.159. The maximum absolute atomic E-state index is 12.0. The van der Waals surface area contributed by atoms with Crippen LogP contribution in [0.1, 0.15) is 18.5 Å². The van der Waals surface area contributed by atoms with Crippen molar-refractivity contribution in [2.75, 3.05) is 30.9 Å². The number of nitrogens with zero attached hydrogens (tertiary/aromatic N) is 1. The molecule has 0 aliphatic carbocycles. The summed E-state index contributed by atoms with van der Waals surface area (Å²) in [5.41, 5.74) is 3.09. The van der Waals surface area contributed by atoms with Crippen LogP contribution in [0.15, 0.2) is 54.6 Å². The largest absolute Gasteiger partial charge is 0.473 e. The van der Waals surface area contributed by atoms with Gasteiger partial charge in [0.15, 0.2) is 0 Å². The molecule has 1 amide bonds. The van der Waals surface area contributed by atoms with Gasteiger partial charge in [0, 0.05) is 31.5 Å². The molecule has 1 atom stereocenters. The number of carboxylic acids is 2. The number of benzene rings is 2. The van der Waals surface area contributed by atoms with Gasteiger partial charge in [-0.2, -0.15) is 0 Å². The van der Waals surface area contributed by atoms with E-state index in [9.17, 15) is 4.79 Å². The highest BCUT2D eigenvalue weighted by Crippen LogP contribution is 2.15. The summed E-state index contributed by atoms with van der Waals surface area (Å²) in [5.74, 6) is -3.69. The first-order chi connectivity index (χ1) is 13.2. The monoisotopic (exact) mass is 387 g/mol. The van der Waals surface area contributed by atoms with E-state index in [4.69, 9.17) is 19.8 Å². The molecule has 0 saturated carbocycles. The smallest absolute Gasteiger partial charge is 0.414 e. The maximum Gasteiger partial charge on any atom is 0.414 e. The Morgan fingerprint density at radius 3 is 1.93 bits per heavy atom. The zero-order valence-electron chi connectivity index (χ0n) is 16.0. The Morgan fingerprint density at radius 2 is 1.46 bits per heavy atom. The Kier molecular flexibility index (Phi) is 9.18. The third-order valence-corrected chi connectivity index (χ3v) is 3.72. The van der Waals surface area contributed by atoms with Crippen molar-refractivity contribution < 1.29 is 24.6 Å². The Bertz CT molecular complexity index is 764. The summed E-state index contributed by atoms with van der Waals surface area (Å²) in [6.07, 6.45) is 0. The number of anilines is 2. The molecule has 2 aromatic rings. The predicted molar refractivity (Wildman–Crippen MR) is 108 cm³/mol. The number of nitrogens with one attached hydrogen (secondary N) is 2. The minimum absolute atomic E-state index is 0.0413. The van der Waals surface area contributed by atoms with E-state index in [2.05, 4.69) is 29.7 Å². The first-order valence-electron chi connectivity index (χ1n) is 8.52. The molecule has 8 nitrogen and oxygen atoms in total. The van der Waals surface area contributed by atoms with Gasteiger partial charge in [0.25, 0.3) is 0 Å². The highest BCUT2D eigenvalue weighted by molar-refractivity contribution is 6.27. The summed E-state index contributed by atoms with van der Waals surface area (Å²) >= 11 is 0. The van der Waals surface area contributed by atoms with E-state index in [0.717, 1.165) is 11.4 Å². The molecule has 0 heterocycles. The van der Waals surface area contributed by atoms with Gasteiger partial charge >= 0.3 is 11.9 Å². The molecule has 28 heavy (non-hydrogen) atoms. The second-order valence-corrected chi connectivity index (χ2v) is 6.11. The van der Waals surface area contributed by atoms with Crippen molar-refractivity contribution in [3.63, 3.8) is 0 Å². The van der Waals surface area contributed by atoms with E-state index in [1.54, 1.807) is 0 Å². The van der Waals surface area contributed by atoms with E-state index < -0.39 is 11.9 Å². The minimum Gasteiger partial charge on any atom is -0.473 e. The first kappa shape index (κ1) is 22.7. The average Bonchev–Trinajstić information content (AvgIpc) is 2.67. The van der Waals surface area contributed by atoms with E-state index in [1.807, 2.05) is 61.5 Å². The van der Waals surface area contributed by atoms with Gasteiger partial charge in [-0.05, 0) is 36.8 Å². The zero-order chi connectivity index (χ0) is 21.1. The molecular formula is C20H25N3O5. The summed E-state index contributed by atoms with van der Waals surface area (Å²) < 4.78 is 0. The molecule has 4 N–H and O–H groups in total. The molecule has 2 rings (SSSR count). The fraction of sp³-hybridized carbons (Fsp3) is 0.250. The van der Waals surface area contributed by atoms with Gasteiger partial charge in [-0.1, -0.05) is 30.3 Å². The number of hydrogen-bond acceptors (Lipinski definition) is 5. The molecule has 1 unspecified atom stereocenters. The van der Waals surface area contributed by atoms with Gasteiger partial charge < -0.3 is 25.7 Å². The molecule has 2 aromatic carbocycles. The Labute approximate surface area is 163 Å². The number of carboxylic acid groups (broad SMARTS) is 2. The predicted octanol–water partition coefficient (Wildman–Crippen LogP) is 2.20. The second kappa shape index (κ2) is 11.3. The van der Waals surface area contributed by atoms with Crippen LogP contribution in [-0.2, 0) is 14.4 Å². The van der Waals surface area contributed by atoms with Crippen molar-refractivity contribution in [1.82, 2.24) is 5.32 Å². The Balaban J connectivity index is 0.000000568. The molecule has 150 valence electrons. The van der Waals surface area contributed by atoms with Gasteiger partial charge in [-0.15, -0.1) is 0 Å². The molecule has 0 spiro atoms. The summed E-state index contributed by atoms with van der Waals surface area (Å²) in [6.45, 7) is 2.33. The van der Waals surface area contributed by atoms with E-state index in [1.165, 1.54) is 5.56 Å². The fourth-order valence-corrected chi connectivity index (χ4v) is 2.15. The highest BCUT2D eigenvalue weighted by atomic mass is 16.4. The zero-order valence-corrected chi connectivity index (χ0v) is 16.0. The molecule has 0 aromatic heterocycles. The van der Waals surface area contributed by atoms with E-state index >= 15 is 0 Å². The molecular weight excluding hydrogens is 362 g/mol. The second-order valence-electron chi connectivity index (χ2n) is 6.11. The van der Waals surface area contributed by atoms with Gasteiger partial charge in [0.05, 0.1) is 6.54 Å². The first-order valence-corrected chi connectivity index (χ1v) is 8.52. The minimum atomic E-state index is -1.82. The third-order valence-electron chi connectivity index (χ3n) is 3.72. The molecule has 0 fully saturated rings. The van der Waals surface area contributed by atoms with Crippen molar-refractivity contribution in [2.24, 2.45) is 0 Å². The number of carbonyl (C=O) groups is 3. The van der Waals surface area contributed by atoms with Crippen molar-refractivity contribution in [3.8, 4) is 0 Å². The normalized spacial score (nSPS) is 10.8. The van der Waals surface area contributed by atoms with Crippen LogP contribution in [-0.4, -0.2) is 48.7 Å². The van der Waals surface area contributed by atoms with Gasteiger partial charge in [-0.3, -0.25) is 4.79 Å². The van der Waals surface area contributed by atoms with Crippen molar-refractivity contribution in [3.05, 3.63) is 60.2 Å². The molecule has 8 heteroatoms. The van der Waals surface area contributed by atoms with Gasteiger partial charge in [0.1, 0.15) is 0 Å². The summed E-state index contributed by atoms with van der Waals surface area (Å²) in [7, 11) is 3.98. The van der Waals surface area contributed by atoms with Gasteiger partial charge in [0.2, 0.25) is 5.91 Å². The standard InChI is InChI=1S/C18H23N3O.C2H2O4/c1-14(15-7-5-4-6-8-15)19-13-18(22)20-16-9-11-17(12-10-16)21(2)3;3-1(4)2(5)6/h4-12,14,19H,13H2,1-3H3,(H,20,22);(H,3,4)(H,5,6). The van der Waals surface area contributed by atoms with Crippen LogP contribution in [0.5, 0.6) is 0 Å².